The van der Waals surface area contributed by atoms with Gasteiger partial charge in [0.1, 0.15) is 11.6 Å². The first-order valence-corrected chi connectivity index (χ1v) is 6.91. The Hall–Kier alpha value is -3.29. The van der Waals surface area contributed by atoms with Crippen molar-refractivity contribution in [1.29, 1.82) is 0 Å². The molecule has 1 amide bonds. The Kier molecular flexibility index (Phi) is 3.71. The molecule has 0 unspecified atom stereocenters. The number of carbonyl (C=O) groups is 1. The molecule has 8 nitrogen and oxygen atoms in total. The normalized spacial score (nSPS) is 12.0. The van der Waals surface area contributed by atoms with E-state index in [0.29, 0.717) is 11.2 Å². The molecule has 8 heteroatoms. The van der Waals surface area contributed by atoms with Crippen LogP contribution in [0.2, 0.25) is 0 Å². The Morgan fingerprint density at radius 1 is 1.26 bits per heavy atom. The summed E-state index contributed by atoms with van der Waals surface area (Å²) < 4.78 is 1.52. The number of para-hydroxylation sites is 1. The van der Waals surface area contributed by atoms with Gasteiger partial charge in [-0.1, -0.05) is 23.4 Å². The molecule has 0 aliphatic rings. The van der Waals surface area contributed by atoms with E-state index in [-0.39, 0.29) is 11.6 Å². The van der Waals surface area contributed by atoms with Gasteiger partial charge in [-0.2, -0.15) is 0 Å². The molecule has 3 aromatic rings. The molecule has 0 saturated heterocycles. The maximum atomic E-state index is 12.4. The second-order valence-corrected chi connectivity index (χ2v) is 5.00. The number of nitrogens with one attached hydrogen (secondary N) is 1. The number of carbonyl (C=O) groups excluding carboxylic acids is 1. The Morgan fingerprint density at radius 2 is 2.04 bits per heavy atom. The van der Waals surface area contributed by atoms with Crippen molar-refractivity contribution in [3.63, 3.8) is 0 Å². The highest BCUT2D eigenvalue weighted by molar-refractivity contribution is 5.94. The fourth-order valence-corrected chi connectivity index (χ4v) is 2.23. The van der Waals surface area contributed by atoms with Crippen molar-refractivity contribution in [1.82, 2.24) is 15.0 Å². The van der Waals surface area contributed by atoms with E-state index in [4.69, 9.17) is 0 Å². The molecule has 0 radical (unpaired) electrons. The quantitative estimate of drug-likeness (QED) is 0.589. The Bertz CT molecular complexity index is 889. The van der Waals surface area contributed by atoms with Crippen LogP contribution in [0.4, 0.5) is 11.4 Å². The molecule has 0 spiro atoms. The van der Waals surface area contributed by atoms with E-state index >= 15 is 0 Å². The number of aromatic nitrogens is 3. The molecule has 3 rings (SSSR count). The minimum atomic E-state index is -0.610. The maximum Gasteiger partial charge on any atom is 0.271 e. The number of amides is 1. The van der Waals surface area contributed by atoms with Gasteiger partial charge in [0.15, 0.2) is 0 Å². The Labute approximate surface area is 130 Å². The van der Waals surface area contributed by atoms with E-state index in [1.807, 2.05) is 24.3 Å². The fourth-order valence-electron chi connectivity index (χ4n) is 2.23. The summed E-state index contributed by atoms with van der Waals surface area (Å²) in [5.41, 5.74) is 1.72. The third-order valence-corrected chi connectivity index (χ3v) is 3.45. The molecule has 0 bridgehead atoms. The zero-order valence-electron chi connectivity index (χ0n) is 12.2. The van der Waals surface area contributed by atoms with Crippen LogP contribution in [-0.4, -0.2) is 25.8 Å². The molecular formula is C15H13N5O3. The van der Waals surface area contributed by atoms with Crippen LogP contribution in [-0.2, 0) is 4.79 Å². The molecule has 2 aromatic carbocycles. The van der Waals surface area contributed by atoms with E-state index < -0.39 is 11.0 Å². The van der Waals surface area contributed by atoms with Gasteiger partial charge in [0.25, 0.3) is 5.69 Å². The first-order chi connectivity index (χ1) is 11.1. The number of nitrogens with zero attached hydrogens (tertiary/aromatic N) is 4. The minimum Gasteiger partial charge on any atom is -0.324 e. The van der Waals surface area contributed by atoms with Crippen LogP contribution in [0.3, 0.4) is 0 Å². The Morgan fingerprint density at radius 3 is 2.83 bits per heavy atom. The zero-order valence-corrected chi connectivity index (χ0v) is 12.2. The summed E-state index contributed by atoms with van der Waals surface area (Å²) in [7, 11) is 0. The number of hydrogen-bond acceptors (Lipinski definition) is 5. The van der Waals surface area contributed by atoms with Gasteiger partial charge >= 0.3 is 0 Å². The van der Waals surface area contributed by atoms with Crippen molar-refractivity contribution in [2.24, 2.45) is 0 Å². The topological polar surface area (TPSA) is 103 Å². The van der Waals surface area contributed by atoms with Gasteiger partial charge in [-0.05, 0) is 25.1 Å². The summed E-state index contributed by atoms with van der Waals surface area (Å²) in [5, 5.41) is 21.4. The van der Waals surface area contributed by atoms with Gasteiger partial charge in [0.2, 0.25) is 5.91 Å². The number of non-ortho nitro benzene ring substituents is 1. The van der Waals surface area contributed by atoms with E-state index in [1.165, 1.54) is 22.9 Å². The lowest BCUT2D eigenvalue weighted by Crippen LogP contribution is -2.24. The average molecular weight is 311 g/mol. The van der Waals surface area contributed by atoms with Crippen LogP contribution in [0.25, 0.3) is 11.0 Å². The lowest BCUT2D eigenvalue weighted by molar-refractivity contribution is -0.384. The van der Waals surface area contributed by atoms with Crippen molar-refractivity contribution >= 4 is 28.3 Å². The average Bonchev–Trinajstić information content (AvgIpc) is 2.98. The fraction of sp³-hybridized carbons (Fsp3) is 0.133. The summed E-state index contributed by atoms with van der Waals surface area (Å²) in [6.45, 7) is 1.69. The SMILES string of the molecule is C[C@H](C(=O)Nc1cccc([N+](=O)[O-])c1)n1nnc2ccccc21. The van der Waals surface area contributed by atoms with Gasteiger partial charge in [-0.25, -0.2) is 4.68 Å². The van der Waals surface area contributed by atoms with Crippen LogP contribution >= 0.6 is 0 Å². The summed E-state index contributed by atoms with van der Waals surface area (Å²) in [5.74, 6) is -0.332. The smallest absolute Gasteiger partial charge is 0.271 e. The molecule has 0 saturated carbocycles. The van der Waals surface area contributed by atoms with Crippen molar-refractivity contribution in [2.75, 3.05) is 5.32 Å². The second-order valence-electron chi connectivity index (χ2n) is 5.00. The minimum absolute atomic E-state index is 0.0818. The van der Waals surface area contributed by atoms with Crippen molar-refractivity contribution in [3.05, 3.63) is 58.6 Å². The van der Waals surface area contributed by atoms with Crippen molar-refractivity contribution < 1.29 is 9.72 Å². The number of hydrogen-bond donors (Lipinski definition) is 1. The highest BCUT2D eigenvalue weighted by atomic mass is 16.6. The number of nitro benzene ring substituents is 1. The molecule has 23 heavy (non-hydrogen) atoms. The molecular weight excluding hydrogens is 298 g/mol. The monoisotopic (exact) mass is 311 g/mol. The van der Waals surface area contributed by atoms with Crippen LogP contribution in [0.15, 0.2) is 48.5 Å². The lowest BCUT2D eigenvalue weighted by atomic mass is 10.2. The van der Waals surface area contributed by atoms with Gasteiger partial charge in [0, 0.05) is 17.8 Å². The van der Waals surface area contributed by atoms with E-state index in [1.54, 1.807) is 13.0 Å². The zero-order chi connectivity index (χ0) is 16.4. The largest absolute Gasteiger partial charge is 0.324 e. The van der Waals surface area contributed by atoms with E-state index in [2.05, 4.69) is 15.6 Å². The first-order valence-electron chi connectivity index (χ1n) is 6.91. The summed E-state index contributed by atoms with van der Waals surface area (Å²) in [4.78, 5) is 22.6. The maximum absolute atomic E-state index is 12.4. The molecule has 1 atom stereocenters. The van der Waals surface area contributed by atoms with Gasteiger partial charge in [0.05, 0.1) is 10.4 Å². The highest BCUT2D eigenvalue weighted by Gasteiger charge is 2.19. The summed E-state index contributed by atoms with van der Waals surface area (Å²) >= 11 is 0. The van der Waals surface area contributed by atoms with Crippen molar-refractivity contribution in [2.45, 2.75) is 13.0 Å². The lowest BCUT2D eigenvalue weighted by Gasteiger charge is -2.13. The van der Waals surface area contributed by atoms with Gasteiger partial charge in [-0.15, -0.1) is 5.10 Å². The standard InChI is InChI=1S/C15H13N5O3/c1-10(19-14-8-3-2-7-13(14)17-18-19)15(21)16-11-5-4-6-12(9-11)20(22)23/h2-10H,1H3,(H,16,21)/t10-/m1/s1. The van der Waals surface area contributed by atoms with Crippen molar-refractivity contribution in [3.8, 4) is 0 Å². The second kappa shape index (κ2) is 5.84. The predicted octanol–water partition coefficient (Wildman–Crippen LogP) is 2.54. The number of fused-ring (bicyclic) bond motifs is 1. The number of anilines is 1. The Balaban J connectivity index is 1.83. The molecule has 0 fully saturated rings. The van der Waals surface area contributed by atoms with Gasteiger partial charge < -0.3 is 5.32 Å². The number of benzene rings is 2. The predicted molar refractivity (Wildman–Crippen MR) is 84.0 cm³/mol. The third-order valence-electron chi connectivity index (χ3n) is 3.45. The molecule has 0 aliphatic carbocycles. The molecule has 116 valence electrons. The third kappa shape index (κ3) is 2.86. The molecule has 0 aliphatic heterocycles. The van der Waals surface area contributed by atoms with Crippen LogP contribution in [0.1, 0.15) is 13.0 Å². The highest BCUT2D eigenvalue weighted by Crippen LogP contribution is 2.20. The summed E-state index contributed by atoms with van der Waals surface area (Å²) in [6.07, 6.45) is 0. The number of nitro groups is 1. The van der Waals surface area contributed by atoms with Crippen LogP contribution in [0, 0.1) is 10.1 Å². The number of rotatable bonds is 4. The summed E-state index contributed by atoms with van der Waals surface area (Å²) in [6, 6.07) is 12.5. The van der Waals surface area contributed by atoms with Gasteiger partial charge in [-0.3, -0.25) is 14.9 Å². The molecule has 1 aromatic heterocycles. The van der Waals surface area contributed by atoms with Crippen LogP contribution in [0.5, 0.6) is 0 Å². The molecule has 1 N–H and O–H groups in total. The van der Waals surface area contributed by atoms with E-state index in [0.717, 1.165) is 5.52 Å². The first kappa shape index (κ1) is 14.6. The van der Waals surface area contributed by atoms with E-state index in [9.17, 15) is 14.9 Å². The van der Waals surface area contributed by atoms with Crippen LogP contribution < -0.4 is 5.32 Å². The molecule has 1 heterocycles.